The zero-order valence-electron chi connectivity index (χ0n) is 8.16. The third-order valence-electron chi connectivity index (χ3n) is 2.05. The summed E-state index contributed by atoms with van der Waals surface area (Å²) in [5.41, 5.74) is 0. The van der Waals surface area contributed by atoms with Crippen molar-refractivity contribution in [3.05, 3.63) is 23.7 Å². The molecule has 0 unspecified atom stereocenters. The summed E-state index contributed by atoms with van der Waals surface area (Å²) in [5.74, 6) is 1.03. The minimum atomic E-state index is 0.0886. The van der Waals surface area contributed by atoms with E-state index >= 15 is 0 Å². The molecular formula is C10H14N2O2. The number of nitriles is 1. The lowest BCUT2D eigenvalue weighted by Crippen LogP contribution is -2.30. The van der Waals surface area contributed by atoms with Gasteiger partial charge in [-0.3, -0.25) is 0 Å². The first-order valence-corrected chi connectivity index (χ1v) is 4.63. The van der Waals surface area contributed by atoms with Gasteiger partial charge >= 0.3 is 0 Å². The number of aliphatic hydroxyl groups excluding tert-OH is 1. The smallest absolute Gasteiger partial charge is 0.203 e. The molecule has 1 heterocycles. The Bertz CT molecular complexity index is 310. The van der Waals surface area contributed by atoms with Gasteiger partial charge in [-0.25, -0.2) is 0 Å². The van der Waals surface area contributed by atoms with E-state index in [9.17, 15) is 0 Å². The fourth-order valence-corrected chi connectivity index (χ4v) is 1.12. The Kier molecular flexibility index (Phi) is 4.17. The van der Waals surface area contributed by atoms with Crippen LogP contribution in [0.15, 0.2) is 16.5 Å². The van der Waals surface area contributed by atoms with Gasteiger partial charge in [0.05, 0.1) is 13.2 Å². The molecule has 0 aromatic carbocycles. The number of nitrogens with one attached hydrogen (secondary N) is 1. The van der Waals surface area contributed by atoms with Gasteiger partial charge in [-0.15, -0.1) is 0 Å². The van der Waals surface area contributed by atoms with Gasteiger partial charge in [0.1, 0.15) is 11.8 Å². The minimum Gasteiger partial charge on any atom is -0.449 e. The number of hydrogen-bond donors (Lipinski definition) is 2. The number of aliphatic hydroxyl groups is 1. The van der Waals surface area contributed by atoms with Crippen molar-refractivity contribution < 1.29 is 9.52 Å². The molecule has 1 aromatic rings. The highest BCUT2D eigenvalue weighted by molar-refractivity contribution is 5.18. The molecule has 0 saturated carbocycles. The van der Waals surface area contributed by atoms with Crippen molar-refractivity contribution in [2.24, 2.45) is 0 Å². The molecule has 0 bridgehead atoms. The van der Waals surface area contributed by atoms with Crippen LogP contribution in [-0.4, -0.2) is 17.8 Å². The monoisotopic (exact) mass is 194 g/mol. The second-order valence-corrected chi connectivity index (χ2v) is 3.05. The van der Waals surface area contributed by atoms with E-state index in [0.29, 0.717) is 18.1 Å². The molecular weight excluding hydrogens is 180 g/mol. The summed E-state index contributed by atoms with van der Waals surface area (Å²) in [6.45, 7) is 2.65. The quantitative estimate of drug-likeness (QED) is 0.734. The van der Waals surface area contributed by atoms with Gasteiger partial charge in [-0.2, -0.15) is 5.26 Å². The van der Waals surface area contributed by atoms with Crippen LogP contribution in [0.4, 0.5) is 0 Å². The number of furan rings is 1. The van der Waals surface area contributed by atoms with Crippen LogP contribution in [0, 0.1) is 11.3 Å². The van der Waals surface area contributed by atoms with E-state index in [4.69, 9.17) is 14.8 Å². The summed E-state index contributed by atoms with van der Waals surface area (Å²) in [7, 11) is 0. The predicted octanol–water partition coefficient (Wildman–Crippen LogP) is 1.01. The van der Waals surface area contributed by atoms with Gasteiger partial charge in [-0.1, -0.05) is 6.92 Å². The van der Waals surface area contributed by atoms with Crippen molar-refractivity contribution in [1.82, 2.24) is 5.32 Å². The first-order chi connectivity index (χ1) is 6.80. The largest absolute Gasteiger partial charge is 0.449 e. The first kappa shape index (κ1) is 10.8. The molecule has 76 valence electrons. The topological polar surface area (TPSA) is 69.2 Å². The average Bonchev–Trinajstić information content (AvgIpc) is 2.67. The van der Waals surface area contributed by atoms with Crippen LogP contribution in [0.25, 0.3) is 0 Å². The van der Waals surface area contributed by atoms with Crippen LogP contribution in [0.2, 0.25) is 0 Å². The summed E-state index contributed by atoms with van der Waals surface area (Å²) in [6.07, 6.45) is 0.863. The van der Waals surface area contributed by atoms with Crippen molar-refractivity contribution in [1.29, 1.82) is 5.26 Å². The Labute approximate surface area is 83.2 Å². The standard InChI is InChI=1S/C10H14N2O2/c1-2-8(7-13)12-6-10-4-3-9(5-11)14-10/h3-4,8,12-13H,2,6-7H2,1H3/t8-/m1/s1. The highest BCUT2D eigenvalue weighted by Crippen LogP contribution is 2.06. The molecule has 4 heteroatoms. The molecule has 4 nitrogen and oxygen atoms in total. The molecule has 0 saturated heterocycles. The van der Waals surface area contributed by atoms with Crippen LogP contribution in [-0.2, 0) is 6.54 Å². The van der Waals surface area contributed by atoms with Crippen LogP contribution in [0.3, 0.4) is 0 Å². The van der Waals surface area contributed by atoms with Gasteiger partial charge in [0.25, 0.3) is 0 Å². The molecule has 1 atom stereocenters. The number of nitrogens with zero attached hydrogens (tertiary/aromatic N) is 1. The third-order valence-corrected chi connectivity index (χ3v) is 2.05. The van der Waals surface area contributed by atoms with E-state index in [1.54, 1.807) is 12.1 Å². The molecule has 0 fully saturated rings. The summed E-state index contributed by atoms with van der Waals surface area (Å²) in [4.78, 5) is 0. The van der Waals surface area contributed by atoms with Gasteiger partial charge < -0.3 is 14.8 Å². The van der Waals surface area contributed by atoms with Gasteiger partial charge in [0, 0.05) is 6.04 Å². The zero-order chi connectivity index (χ0) is 10.4. The lowest BCUT2D eigenvalue weighted by molar-refractivity contribution is 0.235. The maximum atomic E-state index is 8.91. The van der Waals surface area contributed by atoms with E-state index in [1.165, 1.54) is 0 Å². The lowest BCUT2D eigenvalue weighted by atomic mass is 10.2. The molecule has 0 radical (unpaired) electrons. The number of hydrogen-bond acceptors (Lipinski definition) is 4. The second-order valence-electron chi connectivity index (χ2n) is 3.05. The van der Waals surface area contributed by atoms with Crippen molar-refractivity contribution in [2.75, 3.05) is 6.61 Å². The third kappa shape index (κ3) is 2.87. The Morgan fingerprint density at radius 1 is 1.64 bits per heavy atom. The molecule has 1 aromatic heterocycles. The summed E-state index contributed by atoms with van der Waals surface area (Å²) in [5, 5.41) is 20.5. The fourth-order valence-electron chi connectivity index (χ4n) is 1.12. The van der Waals surface area contributed by atoms with Crippen LogP contribution >= 0.6 is 0 Å². The summed E-state index contributed by atoms with van der Waals surface area (Å²) >= 11 is 0. The highest BCUT2D eigenvalue weighted by Gasteiger charge is 2.05. The van der Waals surface area contributed by atoms with E-state index in [-0.39, 0.29) is 12.6 Å². The molecule has 0 amide bonds. The molecule has 0 spiro atoms. The highest BCUT2D eigenvalue weighted by atomic mass is 16.3. The SMILES string of the molecule is CC[C@H](CO)NCc1ccc(C#N)o1. The van der Waals surface area contributed by atoms with Crippen LogP contribution < -0.4 is 5.32 Å². The molecule has 14 heavy (non-hydrogen) atoms. The van der Waals surface area contributed by atoms with Crippen LogP contribution in [0.1, 0.15) is 24.9 Å². The van der Waals surface area contributed by atoms with Crippen molar-refractivity contribution in [3.63, 3.8) is 0 Å². The average molecular weight is 194 g/mol. The number of rotatable bonds is 5. The molecule has 0 aliphatic carbocycles. The zero-order valence-corrected chi connectivity index (χ0v) is 8.16. The lowest BCUT2D eigenvalue weighted by Gasteiger charge is -2.11. The molecule has 1 rings (SSSR count). The fraction of sp³-hybridized carbons (Fsp3) is 0.500. The first-order valence-electron chi connectivity index (χ1n) is 4.63. The Morgan fingerprint density at radius 3 is 2.93 bits per heavy atom. The maximum Gasteiger partial charge on any atom is 0.203 e. The van der Waals surface area contributed by atoms with Crippen molar-refractivity contribution in [3.8, 4) is 6.07 Å². The molecule has 0 aliphatic heterocycles. The second kappa shape index (κ2) is 5.43. The van der Waals surface area contributed by atoms with E-state index < -0.39 is 0 Å². The van der Waals surface area contributed by atoms with E-state index in [0.717, 1.165) is 6.42 Å². The molecule has 0 aliphatic rings. The Balaban J connectivity index is 2.41. The Morgan fingerprint density at radius 2 is 2.43 bits per heavy atom. The van der Waals surface area contributed by atoms with Gasteiger partial charge in [-0.05, 0) is 18.6 Å². The van der Waals surface area contributed by atoms with E-state index in [2.05, 4.69) is 5.32 Å². The predicted molar refractivity (Wildman–Crippen MR) is 51.4 cm³/mol. The van der Waals surface area contributed by atoms with Crippen molar-refractivity contribution >= 4 is 0 Å². The Hall–Kier alpha value is -1.31. The van der Waals surface area contributed by atoms with Crippen LogP contribution in [0.5, 0.6) is 0 Å². The maximum absolute atomic E-state index is 8.91. The van der Waals surface area contributed by atoms with E-state index in [1.807, 2.05) is 13.0 Å². The normalized spacial score (nSPS) is 12.4. The van der Waals surface area contributed by atoms with Gasteiger partial charge in [0.2, 0.25) is 5.76 Å². The summed E-state index contributed by atoms with van der Waals surface area (Å²) in [6, 6.07) is 5.40. The summed E-state index contributed by atoms with van der Waals surface area (Å²) < 4.78 is 5.17. The van der Waals surface area contributed by atoms with Gasteiger partial charge in [0.15, 0.2) is 0 Å². The van der Waals surface area contributed by atoms with Crippen molar-refractivity contribution in [2.45, 2.75) is 25.9 Å². The minimum absolute atomic E-state index is 0.0886. The molecule has 2 N–H and O–H groups in total.